The van der Waals surface area contributed by atoms with Crippen LogP contribution in [0.2, 0.25) is 0 Å². The molecule has 0 atom stereocenters. The summed E-state index contributed by atoms with van der Waals surface area (Å²) < 4.78 is 22.5. The first kappa shape index (κ1) is 14.4. The van der Waals surface area contributed by atoms with E-state index >= 15 is 0 Å². The van der Waals surface area contributed by atoms with Crippen molar-refractivity contribution in [3.05, 3.63) is 23.9 Å². The topological polar surface area (TPSA) is 88.2 Å². The third kappa shape index (κ3) is 4.33. The highest BCUT2D eigenvalue weighted by molar-refractivity contribution is 7.91. The summed E-state index contributed by atoms with van der Waals surface area (Å²) in [6, 6.07) is 3.31. The Morgan fingerprint density at radius 3 is 2.61 bits per heavy atom. The second kappa shape index (κ2) is 6.34. The maximum atomic E-state index is 11.7. The highest BCUT2D eigenvalue weighted by Crippen LogP contribution is 2.03. The summed E-state index contributed by atoms with van der Waals surface area (Å²) in [5, 5.41) is 5.39. The van der Waals surface area contributed by atoms with Gasteiger partial charge in [-0.15, -0.1) is 0 Å². The number of rotatable bonds is 6. The highest BCUT2D eigenvalue weighted by Gasteiger charge is 2.09. The molecular formula is C11H17N3O3S. The predicted octanol–water partition coefficient (Wildman–Crippen LogP) is 0.288. The Balaban J connectivity index is 2.50. The molecule has 0 spiro atoms. The number of hydrogen-bond donors (Lipinski definition) is 2. The fourth-order valence-corrected chi connectivity index (χ4v) is 1.94. The molecule has 0 bridgehead atoms. The molecule has 100 valence electrons. The lowest BCUT2D eigenvalue weighted by molar-refractivity contribution is 0.0956. The zero-order valence-electron chi connectivity index (χ0n) is 10.4. The molecule has 7 heteroatoms. The summed E-state index contributed by atoms with van der Waals surface area (Å²) >= 11 is 0. The van der Waals surface area contributed by atoms with Crippen molar-refractivity contribution < 1.29 is 13.2 Å². The van der Waals surface area contributed by atoms with E-state index in [0.717, 1.165) is 0 Å². The van der Waals surface area contributed by atoms with Gasteiger partial charge in [-0.05, 0) is 12.1 Å². The van der Waals surface area contributed by atoms with Gasteiger partial charge < -0.3 is 10.6 Å². The molecule has 0 aromatic carbocycles. The summed E-state index contributed by atoms with van der Waals surface area (Å²) in [5.41, 5.74) is 0.405. The van der Waals surface area contributed by atoms with E-state index in [0.29, 0.717) is 11.4 Å². The summed E-state index contributed by atoms with van der Waals surface area (Å²) in [4.78, 5) is 15.7. The van der Waals surface area contributed by atoms with E-state index in [1.54, 1.807) is 26.1 Å². The summed E-state index contributed by atoms with van der Waals surface area (Å²) in [6.45, 7) is 1.69. The molecule has 2 N–H and O–H groups in total. The number of pyridine rings is 1. The summed E-state index contributed by atoms with van der Waals surface area (Å²) in [7, 11) is -1.31. The quantitative estimate of drug-likeness (QED) is 0.776. The van der Waals surface area contributed by atoms with Gasteiger partial charge >= 0.3 is 0 Å². The molecule has 0 aliphatic heterocycles. The summed E-state index contributed by atoms with van der Waals surface area (Å²) in [5.74, 6) is 0.384. The van der Waals surface area contributed by atoms with Gasteiger partial charge in [0.25, 0.3) is 5.91 Å². The number of anilines is 1. The van der Waals surface area contributed by atoms with Crippen LogP contribution in [0.15, 0.2) is 18.3 Å². The van der Waals surface area contributed by atoms with Crippen LogP contribution in [0.5, 0.6) is 0 Å². The minimum atomic E-state index is -3.05. The number of nitrogens with one attached hydrogen (secondary N) is 2. The molecule has 0 unspecified atom stereocenters. The van der Waals surface area contributed by atoms with Crippen molar-refractivity contribution in [2.45, 2.75) is 6.92 Å². The molecule has 1 aromatic rings. The van der Waals surface area contributed by atoms with E-state index < -0.39 is 9.84 Å². The Labute approximate surface area is 107 Å². The zero-order valence-corrected chi connectivity index (χ0v) is 11.3. The average Bonchev–Trinajstić information content (AvgIpc) is 2.38. The van der Waals surface area contributed by atoms with E-state index in [9.17, 15) is 13.2 Å². The van der Waals surface area contributed by atoms with Gasteiger partial charge in [-0.2, -0.15) is 0 Å². The number of aromatic nitrogens is 1. The van der Waals surface area contributed by atoms with Crippen LogP contribution in [-0.2, 0) is 9.84 Å². The van der Waals surface area contributed by atoms with Gasteiger partial charge in [0.2, 0.25) is 0 Å². The van der Waals surface area contributed by atoms with Crippen LogP contribution in [0.1, 0.15) is 17.3 Å². The van der Waals surface area contributed by atoms with Crippen molar-refractivity contribution in [3.63, 3.8) is 0 Å². The van der Waals surface area contributed by atoms with Crippen LogP contribution in [0.3, 0.4) is 0 Å². The minimum absolute atomic E-state index is 0.0444. The highest BCUT2D eigenvalue weighted by atomic mass is 32.2. The van der Waals surface area contributed by atoms with Gasteiger partial charge in [-0.3, -0.25) is 4.79 Å². The molecule has 6 nitrogen and oxygen atoms in total. The molecule has 0 aliphatic carbocycles. The lowest BCUT2D eigenvalue weighted by Gasteiger charge is -2.05. The molecule has 0 aliphatic rings. The van der Waals surface area contributed by atoms with Gasteiger partial charge in [0.1, 0.15) is 5.82 Å². The molecule has 1 rings (SSSR count). The molecule has 0 fully saturated rings. The molecule has 0 saturated carbocycles. The van der Waals surface area contributed by atoms with E-state index in [2.05, 4.69) is 15.6 Å². The van der Waals surface area contributed by atoms with Gasteiger partial charge in [-0.25, -0.2) is 13.4 Å². The van der Waals surface area contributed by atoms with Crippen molar-refractivity contribution in [3.8, 4) is 0 Å². The fraction of sp³-hybridized carbons (Fsp3) is 0.455. The van der Waals surface area contributed by atoms with Crippen LogP contribution in [-0.4, -0.2) is 44.4 Å². The van der Waals surface area contributed by atoms with E-state index in [4.69, 9.17) is 0 Å². The largest absolute Gasteiger partial charge is 0.373 e. The smallest absolute Gasteiger partial charge is 0.252 e. The third-order valence-electron chi connectivity index (χ3n) is 2.42. The van der Waals surface area contributed by atoms with Gasteiger partial charge in [-0.1, -0.05) is 6.92 Å². The first-order chi connectivity index (χ1) is 8.48. The average molecular weight is 271 g/mol. The van der Waals surface area contributed by atoms with Crippen LogP contribution in [0.4, 0.5) is 5.82 Å². The SMILES string of the molecule is CCS(=O)(=O)CCNC(=O)c1ccc(NC)nc1. The Hall–Kier alpha value is -1.63. The van der Waals surface area contributed by atoms with Gasteiger partial charge in [0.15, 0.2) is 9.84 Å². The second-order valence-electron chi connectivity index (χ2n) is 3.67. The number of amides is 1. The third-order valence-corrected chi connectivity index (χ3v) is 4.13. The van der Waals surface area contributed by atoms with Gasteiger partial charge in [0.05, 0.1) is 11.3 Å². The number of carbonyl (C=O) groups is 1. The lowest BCUT2D eigenvalue weighted by Crippen LogP contribution is -2.29. The monoisotopic (exact) mass is 271 g/mol. The van der Waals surface area contributed by atoms with Crippen molar-refractivity contribution in [2.24, 2.45) is 0 Å². The molecular weight excluding hydrogens is 254 g/mol. The van der Waals surface area contributed by atoms with E-state index in [1.165, 1.54) is 6.20 Å². The van der Waals surface area contributed by atoms with Gasteiger partial charge in [0, 0.05) is 25.5 Å². The molecule has 0 saturated heterocycles. The van der Waals surface area contributed by atoms with Crippen LogP contribution in [0, 0.1) is 0 Å². The maximum absolute atomic E-state index is 11.7. The lowest BCUT2D eigenvalue weighted by atomic mass is 10.2. The number of sulfone groups is 1. The van der Waals surface area contributed by atoms with Crippen molar-refractivity contribution in [1.82, 2.24) is 10.3 Å². The Morgan fingerprint density at radius 2 is 2.11 bits per heavy atom. The standard InChI is InChI=1S/C11H17N3O3S/c1-3-18(16,17)7-6-13-11(15)9-4-5-10(12-2)14-8-9/h4-5,8H,3,6-7H2,1-2H3,(H,12,14)(H,13,15). The van der Waals surface area contributed by atoms with Crippen LogP contribution < -0.4 is 10.6 Å². The first-order valence-corrected chi connectivity index (χ1v) is 7.43. The van der Waals surface area contributed by atoms with Crippen molar-refractivity contribution >= 4 is 21.6 Å². The molecule has 0 radical (unpaired) electrons. The predicted molar refractivity (Wildman–Crippen MR) is 70.4 cm³/mol. The fourth-order valence-electron chi connectivity index (χ4n) is 1.24. The number of carbonyl (C=O) groups excluding carboxylic acids is 1. The molecule has 1 heterocycles. The van der Waals surface area contributed by atoms with E-state index in [-0.39, 0.29) is 24.0 Å². The molecule has 1 aromatic heterocycles. The maximum Gasteiger partial charge on any atom is 0.252 e. The zero-order chi connectivity index (χ0) is 13.6. The van der Waals surface area contributed by atoms with Crippen LogP contribution >= 0.6 is 0 Å². The second-order valence-corrected chi connectivity index (χ2v) is 6.15. The minimum Gasteiger partial charge on any atom is -0.373 e. The van der Waals surface area contributed by atoms with E-state index in [1.807, 2.05) is 0 Å². The molecule has 18 heavy (non-hydrogen) atoms. The van der Waals surface area contributed by atoms with Crippen molar-refractivity contribution in [1.29, 1.82) is 0 Å². The molecule has 1 amide bonds. The Kier molecular flexibility index (Phi) is 5.08. The first-order valence-electron chi connectivity index (χ1n) is 5.61. The number of nitrogens with zero attached hydrogens (tertiary/aromatic N) is 1. The van der Waals surface area contributed by atoms with Crippen LogP contribution in [0.25, 0.3) is 0 Å². The Morgan fingerprint density at radius 1 is 1.39 bits per heavy atom. The summed E-state index contributed by atoms with van der Waals surface area (Å²) in [6.07, 6.45) is 1.44. The van der Waals surface area contributed by atoms with Crippen molar-refractivity contribution in [2.75, 3.05) is 30.4 Å². The normalized spacial score (nSPS) is 11.0. The number of hydrogen-bond acceptors (Lipinski definition) is 5. The Bertz CT molecular complexity index is 497.